The van der Waals surface area contributed by atoms with Crippen LogP contribution in [0.15, 0.2) is 18.3 Å². The third-order valence-corrected chi connectivity index (χ3v) is 3.40. The van der Waals surface area contributed by atoms with Crippen molar-refractivity contribution in [1.82, 2.24) is 10.3 Å². The molecule has 0 radical (unpaired) electrons. The van der Waals surface area contributed by atoms with Gasteiger partial charge >= 0.3 is 0 Å². The molecule has 0 aliphatic rings. The van der Waals surface area contributed by atoms with Crippen molar-refractivity contribution in [3.8, 4) is 0 Å². The van der Waals surface area contributed by atoms with Gasteiger partial charge in [0.1, 0.15) is 5.69 Å². The molecule has 2 unspecified atom stereocenters. The van der Waals surface area contributed by atoms with Gasteiger partial charge < -0.3 is 10.6 Å². The maximum absolute atomic E-state index is 12.0. The van der Waals surface area contributed by atoms with Crippen LogP contribution in [0.4, 0.5) is 5.69 Å². The van der Waals surface area contributed by atoms with Crippen molar-refractivity contribution >= 4 is 22.4 Å². The first-order valence-corrected chi connectivity index (χ1v) is 8.06. The second-order valence-electron chi connectivity index (χ2n) is 4.40. The largest absolute Gasteiger partial charge is 0.385 e. The fraction of sp³-hybridized carbons (Fsp3) is 0.538. The SMILES string of the molecule is CCNc1ccnc(C(=O)NC(C)CCS(C)=O)c1. The molecule has 5 nitrogen and oxygen atoms in total. The van der Waals surface area contributed by atoms with Crippen molar-refractivity contribution in [1.29, 1.82) is 0 Å². The lowest BCUT2D eigenvalue weighted by atomic mass is 10.2. The predicted molar refractivity (Wildman–Crippen MR) is 78.9 cm³/mol. The Hall–Kier alpha value is -1.43. The van der Waals surface area contributed by atoms with E-state index in [9.17, 15) is 9.00 Å². The summed E-state index contributed by atoms with van der Waals surface area (Å²) in [7, 11) is -0.829. The zero-order chi connectivity index (χ0) is 14.3. The van der Waals surface area contributed by atoms with E-state index < -0.39 is 10.8 Å². The predicted octanol–water partition coefficient (Wildman–Crippen LogP) is 1.40. The molecule has 1 heterocycles. The van der Waals surface area contributed by atoms with Crippen molar-refractivity contribution in [2.75, 3.05) is 23.9 Å². The summed E-state index contributed by atoms with van der Waals surface area (Å²) in [5.41, 5.74) is 1.27. The van der Waals surface area contributed by atoms with Crippen LogP contribution in [-0.4, -0.2) is 39.7 Å². The van der Waals surface area contributed by atoms with E-state index in [0.29, 0.717) is 17.9 Å². The van der Waals surface area contributed by atoms with Crippen LogP contribution in [0, 0.1) is 0 Å². The Morgan fingerprint density at radius 2 is 2.26 bits per heavy atom. The number of anilines is 1. The molecule has 19 heavy (non-hydrogen) atoms. The minimum absolute atomic E-state index is 0.0130. The topological polar surface area (TPSA) is 71.1 Å². The summed E-state index contributed by atoms with van der Waals surface area (Å²) in [6.45, 7) is 4.69. The van der Waals surface area contributed by atoms with Gasteiger partial charge in [0, 0.05) is 47.3 Å². The highest BCUT2D eigenvalue weighted by atomic mass is 32.2. The van der Waals surface area contributed by atoms with Gasteiger partial charge in [0.05, 0.1) is 0 Å². The van der Waals surface area contributed by atoms with Crippen LogP contribution in [0.5, 0.6) is 0 Å². The third kappa shape index (κ3) is 5.83. The molecule has 0 fully saturated rings. The van der Waals surface area contributed by atoms with Gasteiger partial charge in [-0.3, -0.25) is 14.0 Å². The van der Waals surface area contributed by atoms with Crippen LogP contribution in [0.2, 0.25) is 0 Å². The number of carbonyl (C=O) groups excluding carboxylic acids is 1. The number of nitrogens with one attached hydrogen (secondary N) is 2. The summed E-state index contributed by atoms with van der Waals surface area (Å²) < 4.78 is 11.0. The molecule has 0 aliphatic heterocycles. The average molecular weight is 283 g/mol. The van der Waals surface area contributed by atoms with Crippen LogP contribution in [-0.2, 0) is 10.8 Å². The van der Waals surface area contributed by atoms with E-state index in [0.717, 1.165) is 12.2 Å². The van der Waals surface area contributed by atoms with Gasteiger partial charge in [-0.15, -0.1) is 0 Å². The van der Waals surface area contributed by atoms with Gasteiger partial charge in [-0.05, 0) is 32.4 Å². The maximum atomic E-state index is 12.0. The van der Waals surface area contributed by atoms with Crippen LogP contribution in [0.3, 0.4) is 0 Å². The number of pyridine rings is 1. The number of hydrogen-bond acceptors (Lipinski definition) is 4. The maximum Gasteiger partial charge on any atom is 0.270 e. The lowest BCUT2D eigenvalue weighted by Crippen LogP contribution is -2.34. The second kappa shape index (κ2) is 7.89. The summed E-state index contributed by atoms with van der Waals surface area (Å²) in [5, 5.41) is 5.99. The van der Waals surface area contributed by atoms with Gasteiger partial charge in [0.25, 0.3) is 5.91 Å². The Labute approximate surface area is 116 Å². The zero-order valence-corrected chi connectivity index (χ0v) is 12.4. The molecule has 106 valence electrons. The number of nitrogens with zero attached hydrogens (tertiary/aromatic N) is 1. The summed E-state index contributed by atoms with van der Waals surface area (Å²) >= 11 is 0. The molecule has 0 bridgehead atoms. The minimum Gasteiger partial charge on any atom is -0.385 e. The van der Waals surface area contributed by atoms with Crippen LogP contribution >= 0.6 is 0 Å². The van der Waals surface area contributed by atoms with Crippen molar-refractivity contribution in [2.45, 2.75) is 26.3 Å². The molecule has 1 aromatic rings. The van der Waals surface area contributed by atoms with E-state index in [1.807, 2.05) is 19.9 Å². The number of aromatic nitrogens is 1. The normalized spacial score (nSPS) is 13.6. The Morgan fingerprint density at radius 3 is 2.89 bits per heavy atom. The Balaban J connectivity index is 2.57. The summed E-state index contributed by atoms with van der Waals surface area (Å²) in [6, 6.07) is 3.54. The first kappa shape index (κ1) is 15.6. The molecule has 1 rings (SSSR count). The summed E-state index contributed by atoms with van der Waals surface area (Å²) in [4.78, 5) is 16.0. The molecule has 0 saturated heterocycles. The molecule has 0 aromatic carbocycles. The first-order chi connectivity index (χ1) is 9.02. The molecule has 2 atom stereocenters. The third-order valence-electron chi connectivity index (χ3n) is 2.59. The van der Waals surface area contributed by atoms with E-state index in [-0.39, 0.29) is 11.9 Å². The van der Waals surface area contributed by atoms with Gasteiger partial charge in [-0.25, -0.2) is 0 Å². The number of hydrogen-bond donors (Lipinski definition) is 2. The minimum atomic E-state index is -0.829. The van der Waals surface area contributed by atoms with Gasteiger partial charge in [-0.2, -0.15) is 0 Å². The lowest BCUT2D eigenvalue weighted by Gasteiger charge is -2.13. The summed E-state index contributed by atoms with van der Waals surface area (Å²) in [6.07, 6.45) is 3.97. The standard InChI is InChI=1S/C13H21N3O2S/c1-4-14-11-5-7-15-12(9-11)13(17)16-10(2)6-8-19(3)18/h5,7,9-10H,4,6,8H2,1-3H3,(H,14,15)(H,16,17). The Morgan fingerprint density at radius 1 is 1.53 bits per heavy atom. The molecule has 1 aromatic heterocycles. The van der Waals surface area contributed by atoms with Gasteiger partial charge in [0.2, 0.25) is 0 Å². The van der Waals surface area contributed by atoms with Crippen molar-refractivity contribution in [2.24, 2.45) is 0 Å². The van der Waals surface area contributed by atoms with E-state index in [2.05, 4.69) is 15.6 Å². The number of rotatable bonds is 7. The first-order valence-electron chi connectivity index (χ1n) is 6.33. The summed E-state index contributed by atoms with van der Waals surface area (Å²) in [5.74, 6) is 0.390. The Kier molecular flexibility index (Phi) is 6.49. The molecule has 2 N–H and O–H groups in total. The second-order valence-corrected chi connectivity index (χ2v) is 5.96. The highest BCUT2D eigenvalue weighted by Crippen LogP contribution is 2.08. The van der Waals surface area contributed by atoms with E-state index in [1.165, 1.54) is 0 Å². The molecule has 0 saturated carbocycles. The molecular formula is C13H21N3O2S. The molecule has 0 aliphatic carbocycles. The van der Waals surface area contributed by atoms with Gasteiger partial charge in [-0.1, -0.05) is 0 Å². The fourth-order valence-electron chi connectivity index (χ4n) is 1.58. The van der Waals surface area contributed by atoms with E-state index >= 15 is 0 Å². The van der Waals surface area contributed by atoms with E-state index in [1.54, 1.807) is 18.5 Å². The van der Waals surface area contributed by atoms with Crippen LogP contribution in [0.1, 0.15) is 30.8 Å². The highest BCUT2D eigenvalue weighted by molar-refractivity contribution is 7.84. The fourth-order valence-corrected chi connectivity index (χ4v) is 2.27. The smallest absolute Gasteiger partial charge is 0.270 e. The lowest BCUT2D eigenvalue weighted by molar-refractivity contribution is 0.0934. The highest BCUT2D eigenvalue weighted by Gasteiger charge is 2.11. The monoisotopic (exact) mass is 283 g/mol. The molecule has 0 spiro atoms. The van der Waals surface area contributed by atoms with Crippen LogP contribution < -0.4 is 10.6 Å². The van der Waals surface area contributed by atoms with Crippen molar-refractivity contribution in [3.63, 3.8) is 0 Å². The van der Waals surface area contributed by atoms with Crippen molar-refractivity contribution in [3.05, 3.63) is 24.0 Å². The number of amides is 1. The average Bonchev–Trinajstić information content (AvgIpc) is 2.37. The number of carbonyl (C=O) groups is 1. The molecular weight excluding hydrogens is 262 g/mol. The zero-order valence-electron chi connectivity index (χ0n) is 11.6. The molecule has 6 heteroatoms. The quantitative estimate of drug-likeness (QED) is 0.793. The Bertz CT molecular complexity index is 451. The van der Waals surface area contributed by atoms with Crippen LogP contribution in [0.25, 0.3) is 0 Å². The molecule has 1 amide bonds. The van der Waals surface area contributed by atoms with E-state index in [4.69, 9.17) is 0 Å². The van der Waals surface area contributed by atoms with Gasteiger partial charge in [0.15, 0.2) is 0 Å². The van der Waals surface area contributed by atoms with Crippen molar-refractivity contribution < 1.29 is 9.00 Å².